The second-order valence-electron chi connectivity index (χ2n) is 8.93. The van der Waals surface area contributed by atoms with Gasteiger partial charge in [-0.05, 0) is 41.8 Å². The minimum absolute atomic E-state index is 0.0824. The number of benzene rings is 1. The standard InChI is InChI=1S/C26H34N4O3/c1-3-4-13-30-24(31)18-23(25(30)21-5-7-22(33-2)8-6-21)26(32)29-16-14-28(15-17-29)19-20-9-11-27-12-10-20/h5-12,23,25H,3-4,13-19H2,1-2H3. The molecule has 4 rings (SSSR count). The van der Waals surface area contributed by atoms with E-state index in [1.54, 1.807) is 7.11 Å². The lowest BCUT2D eigenvalue weighted by molar-refractivity contribution is -0.138. The first-order valence-corrected chi connectivity index (χ1v) is 11.9. The molecule has 2 aliphatic rings. The number of likely N-dealkylation sites (tertiary alicyclic amines) is 1. The Labute approximate surface area is 196 Å². The Bertz CT molecular complexity index is 926. The summed E-state index contributed by atoms with van der Waals surface area (Å²) < 4.78 is 5.30. The molecule has 2 aromatic rings. The molecule has 2 aliphatic heterocycles. The van der Waals surface area contributed by atoms with Crippen LogP contribution in [0.25, 0.3) is 0 Å². The number of amides is 2. The van der Waals surface area contributed by atoms with E-state index in [0.29, 0.717) is 19.6 Å². The fourth-order valence-electron chi connectivity index (χ4n) is 4.92. The number of hydrogen-bond donors (Lipinski definition) is 0. The lowest BCUT2D eigenvalue weighted by Crippen LogP contribution is -2.50. The molecular formula is C26H34N4O3. The quantitative estimate of drug-likeness (QED) is 0.618. The summed E-state index contributed by atoms with van der Waals surface area (Å²) in [6.45, 7) is 6.74. The Morgan fingerprint density at radius 3 is 2.39 bits per heavy atom. The van der Waals surface area contributed by atoms with Gasteiger partial charge in [0.25, 0.3) is 0 Å². The van der Waals surface area contributed by atoms with E-state index in [2.05, 4.69) is 16.8 Å². The van der Waals surface area contributed by atoms with E-state index in [9.17, 15) is 9.59 Å². The van der Waals surface area contributed by atoms with Crippen molar-refractivity contribution < 1.29 is 14.3 Å². The molecule has 1 aromatic carbocycles. The summed E-state index contributed by atoms with van der Waals surface area (Å²) in [5, 5.41) is 0. The number of hydrogen-bond acceptors (Lipinski definition) is 5. The van der Waals surface area contributed by atoms with Crippen molar-refractivity contribution in [3.05, 3.63) is 59.9 Å². The van der Waals surface area contributed by atoms with Gasteiger partial charge in [-0.2, -0.15) is 0 Å². The van der Waals surface area contributed by atoms with Crippen LogP contribution in [0.3, 0.4) is 0 Å². The minimum Gasteiger partial charge on any atom is -0.497 e. The Balaban J connectivity index is 1.46. The second-order valence-corrected chi connectivity index (χ2v) is 8.93. The van der Waals surface area contributed by atoms with Gasteiger partial charge in [0.15, 0.2) is 0 Å². The highest BCUT2D eigenvalue weighted by molar-refractivity contribution is 5.90. The Morgan fingerprint density at radius 2 is 1.76 bits per heavy atom. The molecule has 0 spiro atoms. The zero-order chi connectivity index (χ0) is 23.2. The van der Waals surface area contributed by atoms with Crippen LogP contribution in [0.15, 0.2) is 48.8 Å². The molecule has 2 atom stereocenters. The molecule has 0 N–H and O–H groups in total. The van der Waals surface area contributed by atoms with Gasteiger partial charge in [0.05, 0.1) is 19.1 Å². The average molecular weight is 451 g/mol. The third-order valence-corrected chi connectivity index (χ3v) is 6.80. The number of unbranched alkanes of at least 4 members (excludes halogenated alkanes) is 1. The number of ether oxygens (including phenoxy) is 1. The highest BCUT2D eigenvalue weighted by Crippen LogP contribution is 2.40. The first kappa shape index (κ1) is 23.2. The summed E-state index contributed by atoms with van der Waals surface area (Å²) in [6.07, 6.45) is 5.87. The summed E-state index contributed by atoms with van der Waals surface area (Å²) in [4.78, 5) is 36.9. The van der Waals surface area contributed by atoms with Gasteiger partial charge in [-0.1, -0.05) is 25.5 Å². The molecule has 0 radical (unpaired) electrons. The van der Waals surface area contributed by atoms with Crippen LogP contribution in [0.4, 0.5) is 0 Å². The normalized spacial score (nSPS) is 21.5. The van der Waals surface area contributed by atoms with Gasteiger partial charge >= 0.3 is 0 Å². The highest BCUT2D eigenvalue weighted by atomic mass is 16.5. The number of pyridine rings is 1. The topological polar surface area (TPSA) is 66.0 Å². The van der Waals surface area contributed by atoms with Crippen LogP contribution in [0.1, 0.15) is 43.4 Å². The van der Waals surface area contributed by atoms with Crippen LogP contribution in [-0.4, -0.2) is 71.3 Å². The number of piperazine rings is 1. The van der Waals surface area contributed by atoms with Crippen molar-refractivity contribution in [2.24, 2.45) is 5.92 Å². The molecule has 2 amide bonds. The third kappa shape index (κ3) is 5.36. The largest absolute Gasteiger partial charge is 0.497 e. The summed E-state index contributed by atoms with van der Waals surface area (Å²) in [6, 6.07) is 11.7. The molecule has 7 nitrogen and oxygen atoms in total. The monoisotopic (exact) mass is 450 g/mol. The van der Waals surface area contributed by atoms with Crippen molar-refractivity contribution >= 4 is 11.8 Å². The smallest absolute Gasteiger partial charge is 0.228 e. The molecule has 33 heavy (non-hydrogen) atoms. The summed E-state index contributed by atoms with van der Waals surface area (Å²) in [5.41, 5.74) is 2.24. The van der Waals surface area contributed by atoms with E-state index < -0.39 is 0 Å². The molecule has 7 heteroatoms. The average Bonchev–Trinajstić information content (AvgIpc) is 3.19. The van der Waals surface area contributed by atoms with Gasteiger partial charge in [-0.15, -0.1) is 0 Å². The van der Waals surface area contributed by atoms with E-state index >= 15 is 0 Å². The van der Waals surface area contributed by atoms with Crippen LogP contribution >= 0.6 is 0 Å². The van der Waals surface area contributed by atoms with Gasteiger partial charge in [-0.3, -0.25) is 19.5 Å². The van der Waals surface area contributed by atoms with Crippen LogP contribution < -0.4 is 4.74 Å². The van der Waals surface area contributed by atoms with Gasteiger partial charge < -0.3 is 14.5 Å². The van der Waals surface area contributed by atoms with Crippen molar-refractivity contribution in [1.82, 2.24) is 19.7 Å². The van der Waals surface area contributed by atoms with E-state index in [1.807, 2.05) is 58.6 Å². The van der Waals surface area contributed by atoms with Crippen molar-refractivity contribution in [3.63, 3.8) is 0 Å². The predicted molar refractivity (Wildman–Crippen MR) is 127 cm³/mol. The van der Waals surface area contributed by atoms with Gasteiger partial charge in [-0.25, -0.2) is 0 Å². The first-order valence-electron chi connectivity index (χ1n) is 11.9. The summed E-state index contributed by atoms with van der Waals surface area (Å²) in [5.74, 6) is 0.622. The van der Waals surface area contributed by atoms with Gasteiger partial charge in [0.1, 0.15) is 5.75 Å². The zero-order valence-corrected chi connectivity index (χ0v) is 19.7. The Morgan fingerprint density at radius 1 is 1.06 bits per heavy atom. The van der Waals surface area contributed by atoms with Gasteiger partial charge in [0.2, 0.25) is 11.8 Å². The molecule has 0 saturated carbocycles. The molecule has 0 bridgehead atoms. The van der Waals surface area contributed by atoms with Crippen LogP contribution in [0.5, 0.6) is 5.75 Å². The SMILES string of the molecule is CCCCN1C(=O)CC(C(=O)N2CCN(Cc3ccncc3)CC2)C1c1ccc(OC)cc1. The van der Waals surface area contributed by atoms with Crippen LogP contribution in [-0.2, 0) is 16.1 Å². The lowest BCUT2D eigenvalue weighted by Gasteiger charge is -2.37. The van der Waals surface area contributed by atoms with Crippen LogP contribution in [0, 0.1) is 5.92 Å². The number of aromatic nitrogens is 1. The fraction of sp³-hybridized carbons (Fsp3) is 0.500. The highest BCUT2D eigenvalue weighted by Gasteiger charge is 2.45. The second kappa shape index (κ2) is 10.8. The molecule has 2 saturated heterocycles. The maximum absolute atomic E-state index is 13.6. The predicted octanol–water partition coefficient (Wildman–Crippen LogP) is 3.12. The van der Waals surface area contributed by atoms with Crippen molar-refractivity contribution in [2.75, 3.05) is 39.8 Å². The molecule has 2 unspecified atom stereocenters. The number of rotatable bonds is 8. The molecule has 0 aliphatic carbocycles. The first-order chi connectivity index (χ1) is 16.1. The van der Waals surface area contributed by atoms with E-state index in [4.69, 9.17) is 4.74 Å². The summed E-state index contributed by atoms with van der Waals surface area (Å²) >= 11 is 0. The lowest BCUT2D eigenvalue weighted by atomic mass is 9.91. The maximum Gasteiger partial charge on any atom is 0.228 e. The van der Waals surface area contributed by atoms with Crippen LogP contribution in [0.2, 0.25) is 0 Å². The number of nitrogens with zero attached hydrogens (tertiary/aromatic N) is 4. The minimum atomic E-state index is -0.338. The van der Waals surface area contributed by atoms with Gasteiger partial charge in [0, 0.05) is 58.1 Å². The van der Waals surface area contributed by atoms with Crippen molar-refractivity contribution in [1.29, 1.82) is 0 Å². The Hall–Kier alpha value is -2.93. The zero-order valence-electron chi connectivity index (χ0n) is 19.7. The molecular weight excluding hydrogens is 416 g/mol. The maximum atomic E-state index is 13.6. The molecule has 176 valence electrons. The number of methoxy groups -OCH3 is 1. The van der Waals surface area contributed by atoms with E-state index in [0.717, 1.165) is 43.8 Å². The van der Waals surface area contributed by atoms with Crippen molar-refractivity contribution in [3.8, 4) is 5.75 Å². The fourth-order valence-corrected chi connectivity index (χ4v) is 4.92. The molecule has 3 heterocycles. The number of carbonyl (C=O) groups is 2. The molecule has 1 aromatic heterocycles. The van der Waals surface area contributed by atoms with E-state index in [-0.39, 0.29) is 30.2 Å². The summed E-state index contributed by atoms with van der Waals surface area (Å²) in [7, 11) is 1.64. The van der Waals surface area contributed by atoms with Crippen molar-refractivity contribution in [2.45, 2.75) is 38.8 Å². The third-order valence-electron chi connectivity index (χ3n) is 6.80. The van der Waals surface area contributed by atoms with E-state index in [1.165, 1.54) is 5.56 Å². The molecule has 2 fully saturated rings. The number of carbonyl (C=O) groups excluding carboxylic acids is 2. The Kier molecular flexibility index (Phi) is 7.60.